The fourth-order valence-electron chi connectivity index (χ4n) is 2.06. The number of benzene rings is 1. The molecule has 4 N–H and O–H groups in total. The molecule has 1 aromatic carbocycles. The monoisotopic (exact) mass is 298 g/mol. The zero-order valence-electron chi connectivity index (χ0n) is 12.3. The van der Waals surface area contributed by atoms with E-state index in [9.17, 15) is 4.79 Å². The lowest BCUT2D eigenvalue weighted by atomic mass is 10.1. The average Bonchev–Trinajstić information content (AvgIpc) is 2.34. The molecule has 1 aromatic rings. The van der Waals surface area contributed by atoms with Crippen LogP contribution in [0.2, 0.25) is 5.02 Å². The normalized spacial score (nSPS) is 10.8. The van der Waals surface area contributed by atoms with Crippen LogP contribution in [0.25, 0.3) is 0 Å². The second-order valence-electron chi connectivity index (χ2n) is 5.05. The summed E-state index contributed by atoms with van der Waals surface area (Å²) >= 11 is 6.28. The Morgan fingerprint density at radius 1 is 1.25 bits per heavy atom. The van der Waals surface area contributed by atoms with Gasteiger partial charge in [-0.15, -0.1) is 0 Å². The molecule has 0 atom stereocenters. The molecule has 0 aliphatic heterocycles. The van der Waals surface area contributed by atoms with Crippen molar-refractivity contribution in [2.24, 2.45) is 5.73 Å². The first kappa shape index (κ1) is 16.6. The van der Waals surface area contributed by atoms with Crippen LogP contribution in [0.5, 0.6) is 0 Å². The number of hydrogen-bond acceptors (Lipinski definition) is 4. The molecule has 1 amide bonds. The summed E-state index contributed by atoms with van der Waals surface area (Å²) in [6, 6.07) is 3.24. The first-order valence-electron chi connectivity index (χ1n) is 6.65. The molecule has 5 nitrogen and oxygen atoms in total. The summed E-state index contributed by atoms with van der Waals surface area (Å²) in [6.45, 7) is 4.51. The Morgan fingerprint density at radius 2 is 1.90 bits per heavy atom. The van der Waals surface area contributed by atoms with Crippen LogP contribution in [0, 0.1) is 0 Å². The molecular weight excluding hydrogens is 276 g/mol. The van der Waals surface area contributed by atoms with E-state index in [1.54, 1.807) is 12.1 Å². The number of hydrogen-bond donors (Lipinski definition) is 2. The molecule has 1 rings (SSSR count). The minimum Gasteiger partial charge on any atom is -0.399 e. The van der Waals surface area contributed by atoms with Crippen molar-refractivity contribution in [1.29, 1.82) is 0 Å². The number of nitrogen functional groups attached to an aromatic ring is 1. The van der Waals surface area contributed by atoms with Crippen LogP contribution in [-0.4, -0.2) is 44.5 Å². The van der Waals surface area contributed by atoms with Crippen molar-refractivity contribution in [3.8, 4) is 0 Å². The number of likely N-dealkylation sites (N-methyl/N-ethyl adjacent to an activating group) is 1. The van der Waals surface area contributed by atoms with Crippen molar-refractivity contribution in [2.75, 3.05) is 44.4 Å². The number of carbonyl (C=O) groups excluding carboxylic acids is 1. The number of nitrogens with zero attached hydrogens (tertiary/aromatic N) is 2. The Labute approximate surface area is 125 Å². The van der Waals surface area contributed by atoms with E-state index in [4.69, 9.17) is 23.1 Å². The molecule has 20 heavy (non-hydrogen) atoms. The van der Waals surface area contributed by atoms with Gasteiger partial charge < -0.3 is 21.3 Å². The number of carbonyl (C=O) groups is 1. The van der Waals surface area contributed by atoms with Crippen molar-refractivity contribution < 1.29 is 4.79 Å². The number of anilines is 2. The molecular formula is C14H23ClN4O. The van der Waals surface area contributed by atoms with Gasteiger partial charge in [-0.05, 0) is 32.6 Å². The smallest absolute Gasteiger partial charge is 0.250 e. The maximum Gasteiger partial charge on any atom is 0.250 e. The Morgan fingerprint density at radius 3 is 2.40 bits per heavy atom. The molecule has 6 heteroatoms. The molecule has 0 unspecified atom stereocenters. The zero-order valence-corrected chi connectivity index (χ0v) is 13.1. The van der Waals surface area contributed by atoms with Gasteiger partial charge in [-0.2, -0.15) is 0 Å². The molecule has 0 saturated heterocycles. The fraction of sp³-hybridized carbons (Fsp3) is 0.500. The van der Waals surface area contributed by atoms with Gasteiger partial charge in [-0.1, -0.05) is 18.5 Å². The predicted molar refractivity (Wildman–Crippen MR) is 85.4 cm³/mol. The third-order valence-corrected chi connectivity index (χ3v) is 3.27. The summed E-state index contributed by atoms with van der Waals surface area (Å²) in [4.78, 5) is 15.8. The first-order valence-corrected chi connectivity index (χ1v) is 7.03. The Hall–Kier alpha value is -1.46. The van der Waals surface area contributed by atoms with Crippen LogP contribution < -0.4 is 16.4 Å². The van der Waals surface area contributed by atoms with Crippen LogP contribution in [0.1, 0.15) is 23.7 Å². The largest absolute Gasteiger partial charge is 0.399 e. The Balaban J connectivity index is 3.20. The van der Waals surface area contributed by atoms with Crippen molar-refractivity contribution in [1.82, 2.24) is 4.90 Å². The van der Waals surface area contributed by atoms with Crippen LogP contribution in [-0.2, 0) is 0 Å². The summed E-state index contributed by atoms with van der Waals surface area (Å²) in [6.07, 6.45) is 0.951. The zero-order chi connectivity index (χ0) is 15.3. The summed E-state index contributed by atoms with van der Waals surface area (Å²) in [7, 11) is 4.01. The Kier molecular flexibility index (Phi) is 6.10. The van der Waals surface area contributed by atoms with Crippen molar-refractivity contribution in [3.63, 3.8) is 0 Å². The van der Waals surface area contributed by atoms with Crippen molar-refractivity contribution in [2.45, 2.75) is 13.3 Å². The molecule has 0 fully saturated rings. The molecule has 0 heterocycles. The first-order chi connectivity index (χ1) is 9.36. The van der Waals surface area contributed by atoms with Crippen LogP contribution in [0.15, 0.2) is 12.1 Å². The standard InChI is InChI=1S/C14H23ClN4O/c1-4-5-19(7-6-18(2)3)13-11(14(17)20)8-10(16)9-12(13)15/h8-9H,4-7,16H2,1-3H3,(H2,17,20). The minimum atomic E-state index is -0.514. The second kappa shape index (κ2) is 7.36. The molecule has 0 bridgehead atoms. The minimum absolute atomic E-state index is 0.377. The summed E-state index contributed by atoms with van der Waals surface area (Å²) in [5, 5.41) is 0.464. The highest BCUT2D eigenvalue weighted by atomic mass is 35.5. The molecule has 0 radical (unpaired) electrons. The number of primary amides is 1. The third-order valence-electron chi connectivity index (χ3n) is 2.98. The van der Waals surface area contributed by atoms with Gasteiger partial charge in [0.05, 0.1) is 16.3 Å². The maximum atomic E-state index is 11.6. The van der Waals surface area contributed by atoms with Gasteiger partial charge in [0.1, 0.15) is 0 Å². The number of rotatable bonds is 7. The van der Waals surface area contributed by atoms with E-state index in [0.717, 1.165) is 26.1 Å². The summed E-state index contributed by atoms with van der Waals surface area (Å²) in [5.41, 5.74) is 12.7. The van der Waals surface area contributed by atoms with Gasteiger partial charge in [0, 0.05) is 25.3 Å². The van der Waals surface area contributed by atoms with Gasteiger partial charge >= 0.3 is 0 Å². The van der Waals surface area contributed by atoms with E-state index in [1.165, 1.54) is 0 Å². The van der Waals surface area contributed by atoms with E-state index >= 15 is 0 Å². The van der Waals surface area contributed by atoms with E-state index in [0.29, 0.717) is 22.0 Å². The van der Waals surface area contributed by atoms with Crippen LogP contribution in [0.4, 0.5) is 11.4 Å². The lowest BCUT2D eigenvalue weighted by molar-refractivity contribution is 0.100. The highest BCUT2D eigenvalue weighted by Gasteiger charge is 2.19. The molecule has 0 aromatic heterocycles. The van der Waals surface area contributed by atoms with Gasteiger partial charge in [0.2, 0.25) is 0 Å². The quantitative estimate of drug-likeness (QED) is 0.753. The van der Waals surface area contributed by atoms with E-state index in [1.807, 2.05) is 14.1 Å². The topological polar surface area (TPSA) is 75.6 Å². The van der Waals surface area contributed by atoms with Crippen molar-refractivity contribution in [3.05, 3.63) is 22.7 Å². The maximum absolute atomic E-state index is 11.6. The number of halogens is 1. The van der Waals surface area contributed by atoms with Gasteiger partial charge in [0.15, 0.2) is 0 Å². The molecule has 0 spiro atoms. The highest BCUT2D eigenvalue weighted by molar-refractivity contribution is 6.34. The van der Waals surface area contributed by atoms with Gasteiger partial charge in [0.25, 0.3) is 5.91 Å². The summed E-state index contributed by atoms with van der Waals surface area (Å²) in [5.74, 6) is -0.514. The third kappa shape index (κ3) is 4.28. The van der Waals surface area contributed by atoms with Crippen LogP contribution in [0.3, 0.4) is 0 Å². The van der Waals surface area contributed by atoms with Crippen LogP contribution >= 0.6 is 11.6 Å². The number of nitrogens with two attached hydrogens (primary N) is 2. The molecule has 0 aliphatic carbocycles. The molecule has 0 saturated carbocycles. The lowest BCUT2D eigenvalue weighted by Crippen LogP contribution is -2.34. The van der Waals surface area contributed by atoms with E-state index in [-0.39, 0.29) is 0 Å². The molecule has 112 valence electrons. The van der Waals surface area contributed by atoms with E-state index in [2.05, 4.69) is 16.7 Å². The predicted octanol–water partition coefficient (Wildman–Crippen LogP) is 1.80. The molecule has 0 aliphatic rings. The van der Waals surface area contributed by atoms with E-state index < -0.39 is 5.91 Å². The van der Waals surface area contributed by atoms with Gasteiger partial charge in [-0.3, -0.25) is 4.79 Å². The highest BCUT2D eigenvalue weighted by Crippen LogP contribution is 2.32. The average molecular weight is 299 g/mol. The fourth-order valence-corrected chi connectivity index (χ4v) is 2.40. The SMILES string of the molecule is CCCN(CCN(C)C)c1c(Cl)cc(N)cc1C(N)=O. The van der Waals surface area contributed by atoms with Crippen molar-refractivity contribution >= 4 is 28.9 Å². The summed E-state index contributed by atoms with van der Waals surface area (Å²) < 4.78 is 0. The lowest BCUT2D eigenvalue weighted by Gasteiger charge is -2.28. The van der Waals surface area contributed by atoms with Gasteiger partial charge in [-0.25, -0.2) is 0 Å². The Bertz CT molecular complexity index is 476. The second-order valence-corrected chi connectivity index (χ2v) is 5.46. The number of amides is 1.